The van der Waals surface area contributed by atoms with E-state index in [0.29, 0.717) is 24.1 Å². The lowest BCUT2D eigenvalue weighted by Crippen LogP contribution is -2.35. The molecule has 2 fully saturated rings. The number of amides is 1. The summed E-state index contributed by atoms with van der Waals surface area (Å²) < 4.78 is 5.15. The maximum absolute atomic E-state index is 13.7. The second kappa shape index (κ2) is 10.5. The zero-order valence-electron chi connectivity index (χ0n) is 18.1. The van der Waals surface area contributed by atoms with Crippen LogP contribution in [-0.4, -0.2) is 53.6 Å². The fraction of sp³-hybridized carbons (Fsp3) is 0.542. The molecule has 1 saturated heterocycles. The summed E-state index contributed by atoms with van der Waals surface area (Å²) in [6, 6.07) is 4.32. The molecule has 4 rings (SSSR count). The molecule has 0 radical (unpaired) electrons. The largest absolute Gasteiger partial charge is 0.385 e. The van der Waals surface area contributed by atoms with Crippen molar-refractivity contribution in [2.24, 2.45) is 0 Å². The molecular weight excluding hydrogens is 412 g/mol. The van der Waals surface area contributed by atoms with Crippen LogP contribution in [0.3, 0.4) is 0 Å². The number of carbonyl (C=O) groups excluding carboxylic acids is 1. The summed E-state index contributed by atoms with van der Waals surface area (Å²) in [5.41, 5.74) is 3.77. The number of nitrogens with one attached hydrogen (secondary N) is 1. The molecule has 7 heteroatoms. The van der Waals surface area contributed by atoms with Crippen LogP contribution < -0.4 is 5.32 Å². The molecule has 1 aliphatic carbocycles. The molecule has 1 unspecified atom stereocenters. The summed E-state index contributed by atoms with van der Waals surface area (Å²) in [5, 5.41) is 4.07. The van der Waals surface area contributed by atoms with Crippen LogP contribution in [0.5, 0.6) is 0 Å². The van der Waals surface area contributed by atoms with Crippen molar-refractivity contribution in [3.05, 3.63) is 58.1 Å². The Labute approximate surface area is 189 Å². The first kappa shape index (κ1) is 22.2. The van der Waals surface area contributed by atoms with Gasteiger partial charge in [0, 0.05) is 57.1 Å². The van der Waals surface area contributed by atoms with Crippen molar-refractivity contribution in [2.45, 2.75) is 57.0 Å². The Morgan fingerprint density at radius 2 is 2.19 bits per heavy atom. The summed E-state index contributed by atoms with van der Waals surface area (Å²) in [6.45, 7) is 3.16. The number of rotatable bonds is 9. The monoisotopic (exact) mass is 442 g/mol. The van der Waals surface area contributed by atoms with Gasteiger partial charge in [-0.3, -0.25) is 14.8 Å². The molecular formula is C24H31ClN4O2. The minimum Gasteiger partial charge on any atom is -0.385 e. The third-order valence-corrected chi connectivity index (χ3v) is 6.52. The van der Waals surface area contributed by atoms with Gasteiger partial charge in [-0.15, -0.1) is 0 Å². The topological polar surface area (TPSA) is 67.3 Å². The first-order valence-electron chi connectivity index (χ1n) is 11.2. The maximum Gasteiger partial charge on any atom is 0.256 e. The molecule has 1 saturated carbocycles. The summed E-state index contributed by atoms with van der Waals surface area (Å²) in [5.74, 6) is 0.415. The first-order chi connectivity index (χ1) is 15.2. The number of aryl methyl sites for hydroxylation is 1. The van der Waals surface area contributed by atoms with Crippen molar-refractivity contribution < 1.29 is 9.53 Å². The van der Waals surface area contributed by atoms with E-state index in [9.17, 15) is 4.79 Å². The van der Waals surface area contributed by atoms with Gasteiger partial charge < -0.3 is 15.0 Å². The predicted octanol–water partition coefficient (Wildman–Crippen LogP) is 3.98. The Hall–Kier alpha value is -2.02. The third-order valence-electron chi connectivity index (χ3n) is 6.18. The SMILES string of the molecule is COCCCc1cc(CN(C(=O)c2cnccc2C2CCCNC2)C2CC2)c(Cl)cn1. The van der Waals surface area contributed by atoms with Crippen LogP contribution in [0, 0.1) is 0 Å². The molecule has 166 valence electrons. The number of carbonyl (C=O) groups is 1. The van der Waals surface area contributed by atoms with E-state index in [4.69, 9.17) is 16.3 Å². The van der Waals surface area contributed by atoms with Gasteiger partial charge in [-0.2, -0.15) is 0 Å². The number of methoxy groups -OCH3 is 1. The van der Waals surface area contributed by atoms with E-state index in [0.717, 1.165) is 74.0 Å². The van der Waals surface area contributed by atoms with Gasteiger partial charge in [-0.25, -0.2) is 0 Å². The number of hydrogen-bond donors (Lipinski definition) is 1. The Morgan fingerprint density at radius 3 is 2.94 bits per heavy atom. The van der Waals surface area contributed by atoms with Crippen molar-refractivity contribution in [3.63, 3.8) is 0 Å². The number of piperidine rings is 1. The van der Waals surface area contributed by atoms with Gasteiger partial charge >= 0.3 is 0 Å². The van der Waals surface area contributed by atoms with Crippen LogP contribution >= 0.6 is 11.6 Å². The lowest BCUT2D eigenvalue weighted by atomic mass is 9.89. The molecule has 0 spiro atoms. The lowest BCUT2D eigenvalue weighted by Gasteiger charge is -2.28. The van der Waals surface area contributed by atoms with Crippen molar-refractivity contribution in [3.8, 4) is 0 Å². The van der Waals surface area contributed by atoms with Gasteiger partial charge in [-0.1, -0.05) is 11.6 Å². The zero-order chi connectivity index (χ0) is 21.6. The van der Waals surface area contributed by atoms with Crippen molar-refractivity contribution in [1.82, 2.24) is 20.2 Å². The highest BCUT2D eigenvalue weighted by atomic mass is 35.5. The van der Waals surface area contributed by atoms with Gasteiger partial charge in [0.05, 0.1) is 10.6 Å². The van der Waals surface area contributed by atoms with Gasteiger partial charge in [-0.05, 0) is 74.2 Å². The molecule has 6 nitrogen and oxygen atoms in total. The third kappa shape index (κ3) is 5.62. The molecule has 1 aliphatic heterocycles. The average molecular weight is 443 g/mol. The van der Waals surface area contributed by atoms with Crippen LogP contribution in [0.15, 0.2) is 30.7 Å². The molecule has 0 aromatic carbocycles. The van der Waals surface area contributed by atoms with E-state index in [2.05, 4.69) is 15.3 Å². The number of pyridine rings is 2. The number of hydrogen-bond acceptors (Lipinski definition) is 5. The predicted molar refractivity (Wildman–Crippen MR) is 121 cm³/mol. The highest BCUT2D eigenvalue weighted by Gasteiger charge is 2.35. The van der Waals surface area contributed by atoms with E-state index in [-0.39, 0.29) is 11.9 Å². The molecule has 0 bridgehead atoms. The zero-order valence-corrected chi connectivity index (χ0v) is 18.9. The lowest BCUT2D eigenvalue weighted by molar-refractivity contribution is 0.0727. The Kier molecular flexibility index (Phi) is 7.54. The van der Waals surface area contributed by atoms with E-state index in [1.54, 1.807) is 25.7 Å². The maximum atomic E-state index is 13.7. The van der Waals surface area contributed by atoms with Gasteiger partial charge in [0.2, 0.25) is 0 Å². The standard InChI is InChI=1S/C24H31ClN4O2/c1-31-11-3-5-19-12-18(23(25)15-28-19)16-29(20-6-7-20)24(30)22-14-27-10-8-21(22)17-4-2-9-26-13-17/h8,10,12,14-15,17,20,26H,2-7,9,11,13,16H2,1H3. The van der Waals surface area contributed by atoms with Crippen LogP contribution in [0.2, 0.25) is 5.02 Å². The average Bonchev–Trinajstić information content (AvgIpc) is 3.65. The molecule has 1 N–H and O–H groups in total. The van der Waals surface area contributed by atoms with Gasteiger partial charge in [0.15, 0.2) is 0 Å². The minimum absolute atomic E-state index is 0.0602. The first-order valence-corrected chi connectivity index (χ1v) is 11.6. The van der Waals surface area contributed by atoms with Crippen molar-refractivity contribution in [2.75, 3.05) is 26.8 Å². The Morgan fingerprint density at radius 1 is 1.32 bits per heavy atom. The highest BCUT2D eigenvalue weighted by molar-refractivity contribution is 6.31. The van der Waals surface area contributed by atoms with Crippen LogP contribution in [0.1, 0.15) is 65.2 Å². The van der Waals surface area contributed by atoms with E-state index in [1.807, 2.05) is 17.0 Å². The quantitative estimate of drug-likeness (QED) is 0.595. The van der Waals surface area contributed by atoms with Crippen molar-refractivity contribution >= 4 is 17.5 Å². The minimum atomic E-state index is 0.0602. The second-order valence-electron chi connectivity index (χ2n) is 8.53. The van der Waals surface area contributed by atoms with Crippen LogP contribution in [0.25, 0.3) is 0 Å². The molecule has 2 aromatic rings. The molecule has 1 atom stereocenters. The highest BCUT2D eigenvalue weighted by Crippen LogP contribution is 2.33. The van der Waals surface area contributed by atoms with E-state index >= 15 is 0 Å². The molecule has 31 heavy (non-hydrogen) atoms. The number of ether oxygens (including phenoxy) is 1. The van der Waals surface area contributed by atoms with Crippen molar-refractivity contribution in [1.29, 1.82) is 0 Å². The smallest absolute Gasteiger partial charge is 0.256 e. The van der Waals surface area contributed by atoms with Gasteiger partial charge in [0.1, 0.15) is 0 Å². The number of nitrogens with zero attached hydrogens (tertiary/aromatic N) is 3. The fourth-order valence-electron chi connectivity index (χ4n) is 4.33. The summed E-state index contributed by atoms with van der Waals surface area (Å²) >= 11 is 6.48. The number of halogens is 1. The fourth-order valence-corrected chi connectivity index (χ4v) is 4.50. The second-order valence-corrected chi connectivity index (χ2v) is 8.94. The molecule has 2 aliphatic rings. The summed E-state index contributed by atoms with van der Waals surface area (Å²) in [6.07, 6.45) is 11.3. The normalized spacial score (nSPS) is 18.7. The number of aromatic nitrogens is 2. The van der Waals surface area contributed by atoms with Crippen LogP contribution in [-0.2, 0) is 17.7 Å². The van der Waals surface area contributed by atoms with E-state index < -0.39 is 0 Å². The van der Waals surface area contributed by atoms with Gasteiger partial charge in [0.25, 0.3) is 5.91 Å². The van der Waals surface area contributed by atoms with E-state index in [1.165, 1.54) is 0 Å². The Balaban J connectivity index is 1.55. The summed E-state index contributed by atoms with van der Waals surface area (Å²) in [4.78, 5) is 24.4. The molecule has 2 aromatic heterocycles. The molecule has 3 heterocycles. The summed E-state index contributed by atoms with van der Waals surface area (Å²) in [7, 11) is 1.70. The van der Waals surface area contributed by atoms with Crippen LogP contribution in [0.4, 0.5) is 0 Å². The molecule has 1 amide bonds. The Bertz CT molecular complexity index is 897.